The Bertz CT molecular complexity index is 1080. The van der Waals surface area contributed by atoms with Crippen LogP contribution in [0.4, 0.5) is 5.82 Å². The lowest BCUT2D eigenvalue weighted by molar-refractivity contribution is -0.136. The van der Waals surface area contributed by atoms with Gasteiger partial charge in [-0.1, -0.05) is 36.7 Å². The van der Waals surface area contributed by atoms with E-state index in [2.05, 4.69) is 27.3 Å². The molecule has 0 aliphatic carbocycles. The first kappa shape index (κ1) is 24.4. The van der Waals surface area contributed by atoms with Crippen LogP contribution in [0.5, 0.6) is 0 Å². The van der Waals surface area contributed by atoms with Gasteiger partial charge < -0.3 is 10.2 Å². The predicted octanol–water partition coefficient (Wildman–Crippen LogP) is 4.23. The number of nitrogens with one attached hydrogen (secondary N) is 1. The van der Waals surface area contributed by atoms with Crippen molar-refractivity contribution in [1.82, 2.24) is 14.8 Å². The van der Waals surface area contributed by atoms with Crippen molar-refractivity contribution < 1.29 is 14.4 Å². The van der Waals surface area contributed by atoms with Gasteiger partial charge in [-0.15, -0.1) is 0 Å². The van der Waals surface area contributed by atoms with Crippen LogP contribution in [0.1, 0.15) is 60.6 Å². The van der Waals surface area contributed by atoms with Gasteiger partial charge in [0, 0.05) is 43.5 Å². The molecule has 3 heterocycles. The van der Waals surface area contributed by atoms with E-state index < -0.39 is 6.04 Å². The zero-order valence-corrected chi connectivity index (χ0v) is 20.5. The highest BCUT2D eigenvalue weighted by Crippen LogP contribution is 2.29. The highest BCUT2D eigenvalue weighted by molar-refractivity contribution is 6.31. The van der Waals surface area contributed by atoms with E-state index >= 15 is 0 Å². The maximum absolute atomic E-state index is 13.1. The number of aromatic nitrogens is 1. The molecular weight excluding hydrogens is 452 g/mol. The standard InChI is InChI=1S/C26H31ClN4O3/c1-3-23(32)21-5-4-6-24(28-21)29-26(34)22-9-10-25(33)31(22)19-11-13-30(14-12-19)16-18-7-8-20(27)17(2)15-18/h4-8,15,19,22H,3,9-14,16H2,1-2H3,(H,28,29,34)/t22-/m1/s1. The summed E-state index contributed by atoms with van der Waals surface area (Å²) in [7, 11) is 0. The number of likely N-dealkylation sites (tertiary alicyclic amines) is 2. The monoisotopic (exact) mass is 482 g/mol. The number of halogens is 1. The fourth-order valence-corrected chi connectivity index (χ4v) is 5.00. The van der Waals surface area contributed by atoms with Crippen LogP contribution in [0.3, 0.4) is 0 Å². The summed E-state index contributed by atoms with van der Waals surface area (Å²) >= 11 is 6.14. The summed E-state index contributed by atoms with van der Waals surface area (Å²) in [6, 6.07) is 10.7. The van der Waals surface area contributed by atoms with Crippen LogP contribution in [-0.2, 0) is 16.1 Å². The van der Waals surface area contributed by atoms with Crippen molar-refractivity contribution in [3.05, 3.63) is 58.2 Å². The second kappa shape index (κ2) is 10.7. The molecule has 1 atom stereocenters. The van der Waals surface area contributed by atoms with Crippen molar-refractivity contribution in [3.63, 3.8) is 0 Å². The van der Waals surface area contributed by atoms with E-state index in [1.54, 1.807) is 30.0 Å². The number of hydrogen-bond donors (Lipinski definition) is 1. The Labute approximate surface area is 205 Å². The number of anilines is 1. The van der Waals surface area contributed by atoms with E-state index in [9.17, 15) is 14.4 Å². The third-order valence-electron chi connectivity index (χ3n) is 6.74. The number of benzene rings is 1. The van der Waals surface area contributed by atoms with Gasteiger partial charge in [0.05, 0.1) is 0 Å². The lowest BCUT2D eigenvalue weighted by Crippen LogP contribution is -2.51. The maximum Gasteiger partial charge on any atom is 0.248 e. The Morgan fingerprint density at radius 2 is 1.91 bits per heavy atom. The molecule has 1 aromatic carbocycles. The zero-order chi connectivity index (χ0) is 24.2. The molecule has 1 N–H and O–H groups in total. The van der Waals surface area contributed by atoms with E-state index in [1.165, 1.54) is 5.56 Å². The van der Waals surface area contributed by atoms with Crippen LogP contribution in [0.15, 0.2) is 36.4 Å². The van der Waals surface area contributed by atoms with Crippen molar-refractivity contribution in [2.24, 2.45) is 0 Å². The molecule has 34 heavy (non-hydrogen) atoms. The molecule has 0 spiro atoms. The van der Waals surface area contributed by atoms with Crippen LogP contribution in [0.25, 0.3) is 0 Å². The molecule has 180 valence electrons. The van der Waals surface area contributed by atoms with Gasteiger partial charge in [-0.05, 0) is 55.5 Å². The van der Waals surface area contributed by atoms with Crippen molar-refractivity contribution >= 4 is 35.0 Å². The zero-order valence-electron chi connectivity index (χ0n) is 19.7. The number of aryl methyl sites for hydroxylation is 1. The first-order valence-corrected chi connectivity index (χ1v) is 12.3. The number of carbonyl (C=O) groups excluding carboxylic acids is 3. The van der Waals surface area contributed by atoms with Gasteiger partial charge in [0.25, 0.3) is 0 Å². The number of pyridine rings is 1. The molecule has 4 rings (SSSR count). The van der Waals surface area contributed by atoms with Gasteiger partial charge in [0.1, 0.15) is 17.6 Å². The average molecular weight is 483 g/mol. The second-order valence-electron chi connectivity index (χ2n) is 9.12. The van der Waals surface area contributed by atoms with E-state index in [-0.39, 0.29) is 23.6 Å². The summed E-state index contributed by atoms with van der Waals surface area (Å²) in [6.07, 6.45) is 2.90. The average Bonchev–Trinajstić information content (AvgIpc) is 3.23. The molecule has 2 aromatic rings. The van der Waals surface area contributed by atoms with Gasteiger partial charge in [0.15, 0.2) is 5.78 Å². The Morgan fingerprint density at radius 1 is 1.15 bits per heavy atom. The molecule has 2 aliphatic heterocycles. The van der Waals surface area contributed by atoms with Crippen molar-refractivity contribution in [1.29, 1.82) is 0 Å². The number of ketones is 1. The minimum absolute atomic E-state index is 0.0368. The Kier molecular flexibility index (Phi) is 7.63. The topological polar surface area (TPSA) is 82.6 Å². The molecule has 0 bridgehead atoms. The number of carbonyl (C=O) groups is 3. The van der Waals surface area contributed by atoms with Gasteiger partial charge in [-0.2, -0.15) is 0 Å². The Balaban J connectivity index is 1.37. The molecule has 2 fully saturated rings. The lowest BCUT2D eigenvalue weighted by atomic mass is 10.0. The first-order chi connectivity index (χ1) is 16.4. The minimum Gasteiger partial charge on any atom is -0.328 e. The number of nitrogens with zero attached hydrogens (tertiary/aromatic N) is 3. The van der Waals surface area contributed by atoms with Crippen molar-refractivity contribution in [2.75, 3.05) is 18.4 Å². The van der Waals surface area contributed by atoms with Crippen LogP contribution in [0, 0.1) is 6.92 Å². The third kappa shape index (κ3) is 5.47. The number of amides is 2. The highest BCUT2D eigenvalue weighted by atomic mass is 35.5. The van der Waals surface area contributed by atoms with E-state index in [1.807, 2.05) is 13.0 Å². The van der Waals surface area contributed by atoms with Gasteiger partial charge in [0.2, 0.25) is 11.8 Å². The summed E-state index contributed by atoms with van der Waals surface area (Å²) in [4.78, 5) is 46.2. The fourth-order valence-electron chi connectivity index (χ4n) is 4.89. The number of hydrogen-bond acceptors (Lipinski definition) is 5. The number of Topliss-reactive ketones (excluding diaryl/α,β-unsaturated/α-hetero) is 1. The van der Waals surface area contributed by atoms with Crippen LogP contribution >= 0.6 is 11.6 Å². The molecule has 7 nitrogen and oxygen atoms in total. The first-order valence-electron chi connectivity index (χ1n) is 12.0. The van der Waals surface area contributed by atoms with Crippen LogP contribution < -0.4 is 5.32 Å². The van der Waals surface area contributed by atoms with Crippen molar-refractivity contribution in [2.45, 2.75) is 64.6 Å². The molecule has 1 aromatic heterocycles. The summed E-state index contributed by atoms with van der Waals surface area (Å²) in [5, 5.41) is 3.60. The van der Waals surface area contributed by atoms with Gasteiger partial charge in [-0.25, -0.2) is 4.98 Å². The SMILES string of the molecule is CCC(=O)c1cccc(NC(=O)[C@H]2CCC(=O)N2C2CCN(Cc3ccc(Cl)c(C)c3)CC2)n1. The van der Waals surface area contributed by atoms with Gasteiger partial charge >= 0.3 is 0 Å². The Morgan fingerprint density at radius 3 is 2.62 bits per heavy atom. The molecule has 2 amide bonds. The molecule has 2 aliphatic rings. The summed E-state index contributed by atoms with van der Waals surface area (Å²) < 4.78 is 0. The third-order valence-corrected chi connectivity index (χ3v) is 7.17. The van der Waals surface area contributed by atoms with Crippen LogP contribution in [0.2, 0.25) is 5.02 Å². The predicted molar refractivity (Wildman–Crippen MR) is 132 cm³/mol. The molecule has 0 radical (unpaired) electrons. The fraction of sp³-hybridized carbons (Fsp3) is 0.462. The van der Waals surface area contributed by atoms with E-state index in [4.69, 9.17) is 11.6 Å². The van der Waals surface area contributed by atoms with Gasteiger partial charge in [-0.3, -0.25) is 19.3 Å². The molecule has 0 saturated carbocycles. The Hall–Kier alpha value is -2.77. The molecule has 0 unspecified atom stereocenters. The van der Waals surface area contributed by atoms with Crippen LogP contribution in [-0.4, -0.2) is 57.6 Å². The van der Waals surface area contributed by atoms with Crippen molar-refractivity contribution in [3.8, 4) is 0 Å². The molecular formula is C26H31ClN4O3. The second-order valence-corrected chi connectivity index (χ2v) is 9.53. The molecule has 8 heteroatoms. The van der Waals surface area contributed by atoms with E-state index in [0.29, 0.717) is 30.8 Å². The summed E-state index contributed by atoms with van der Waals surface area (Å²) in [5.41, 5.74) is 2.64. The molecule has 2 saturated heterocycles. The minimum atomic E-state index is -0.504. The number of piperidine rings is 1. The van der Waals surface area contributed by atoms with E-state index in [0.717, 1.165) is 43.1 Å². The smallest absolute Gasteiger partial charge is 0.248 e. The summed E-state index contributed by atoms with van der Waals surface area (Å²) in [6.45, 7) is 6.37. The largest absolute Gasteiger partial charge is 0.328 e. The maximum atomic E-state index is 13.1. The summed E-state index contributed by atoms with van der Waals surface area (Å²) in [5.74, 6) is 0.0688. The normalized spacial score (nSPS) is 19.4. The number of rotatable bonds is 7. The highest BCUT2D eigenvalue weighted by Gasteiger charge is 2.41. The lowest BCUT2D eigenvalue weighted by Gasteiger charge is -2.39. The quantitative estimate of drug-likeness (QED) is 0.597.